The van der Waals surface area contributed by atoms with Crippen LogP contribution in [0.4, 0.5) is 11.4 Å². The Morgan fingerprint density at radius 3 is 1.36 bits per heavy atom. The summed E-state index contributed by atoms with van der Waals surface area (Å²) in [5, 5.41) is 72.4. The van der Waals surface area contributed by atoms with Crippen molar-refractivity contribution in [1.82, 2.24) is 29.6 Å². The van der Waals surface area contributed by atoms with Gasteiger partial charge in [-0.25, -0.2) is 9.59 Å². The first-order valence-electron chi connectivity index (χ1n) is 43.7. The van der Waals surface area contributed by atoms with Crippen molar-refractivity contribution >= 4 is 69.0 Å². The minimum absolute atomic E-state index is 0.0752. The number of carboxylic acids is 1. The second-order valence-electron chi connectivity index (χ2n) is 37.0. The number of nitrogens with zero attached hydrogens (tertiary/aromatic N) is 6. The maximum Gasteiger partial charge on any atom is 0.332 e. The number of hydrogen-bond acceptors (Lipinski definition) is 26. The second kappa shape index (κ2) is 32.2. The highest BCUT2D eigenvalue weighted by Gasteiger charge is 2.81. The maximum atomic E-state index is 15.4. The molecular weight excluding hydrogens is 1580 g/mol. The van der Waals surface area contributed by atoms with Crippen LogP contribution in [0.3, 0.4) is 0 Å². The molecule has 6 aromatic rings. The van der Waals surface area contributed by atoms with Crippen LogP contribution in [0.25, 0.3) is 21.8 Å². The van der Waals surface area contributed by atoms with Gasteiger partial charge in [0.25, 0.3) is 11.6 Å². The molecule has 20 atom stereocenters. The van der Waals surface area contributed by atoms with Crippen LogP contribution in [0.5, 0.6) is 11.5 Å². The summed E-state index contributed by atoms with van der Waals surface area (Å²) in [5.74, 6) is -7.74. The number of anilines is 2. The van der Waals surface area contributed by atoms with E-state index in [1.807, 2.05) is 112 Å². The second-order valence-corrected chi connectivity index (χ2v) is 37.0. The third kappa shape index (κ3) is 13.0. The Hall–Kier alpha value is -8.98. The number of aliphatic hydroxyl groups excluding tert-OH is 1. The van der Waals surface area contributed by atoms with Gasteiger partial charge in [-0.05, 0) is 148 Å². The van der Waals surface area contributed by atoms with Crippen molar-refractivity contribution < 1.29 is 102 Å². The smallest absolute Gasteiger partial charge is 0.332 e. The fraction of sp³-hybridized carbons (Fsp3) is 0.596. The molecule has 123 heavy (non-hydrogen) atoms. The molecule has 2 aliphatic carbocycles. The molecule has 2 aromatic heterocycles. The molecule has 18 rings (SSSR count). The zero-order chi connectivity index (χ0) is 87.8. The lowest BCUT2D eigenvalue weighted by molar-refractivity contribution is -0.310. The van der Waals surface area contributed by atoms with E-state index in [-0.39, 0.29) is 37.1 Å². The van der Waals surface area contributed by atoms with E-state index in [2.05, 4.69) is 70.7 Å². The number of para-hydroxylation sites is 2. The van der Waals surface area contributed by atoms with Crippen molar-refractivity contribution in [3.63, 3.8) is 0 Å². The van der Waals surface area contributed by atoms with Gasteiger partial charge in [0.1, 0.15) is 53.7 Å². The molecule has 2 spiro atoms. The summed E-state index contributed by atoms with van der Waals surface area (Å²) in [4.78, 5) is 101. The number of likely N-dealkylation sites (N-methyl/N-ethyl adjacent to an activating group) is 2. The molecule has 4 saturated heterocycles. The van der Waals surface area contributed by atoms with Crippen molar-refractivity contribution in [3.8, 4) is 11.5 Å². The SMILES string of the molecule is CC[C@]1(O)CC2CN(CCc3c([nH]c4ccccc34)[C@@](C(=O)OC)(c3cc4c(cc3OC)N(C)C3C45CCN4CC=C[C@](CC)(C45)[C@@H](O)[C@]3(O)OC(C)=O)C2)C1.CC[C@]1(O)CC2CN(CCc3c([nH]c4ccccc34)[C@@](C(=O)OC)(c3cc4c(cc3OC)N(C)C3C45CCN4CC=C[C@](CC)(C45)[C@@H](OC(=O)COC)[C@]3(O)OC(C)=O)C2)C1.COCC(=O)O. The van der Waals surface area contributed by atoms with E-state index in [1.54, 1.807) is 14.2 Å². The Morgan fingerprint density at radius 2 is 0.951 bits per heavy atom. The predicted molar refractivity (Wildman–Crippen MR) is 457 cm³/mol. The van der Waals surface area contributed by atoms with Gasteiger partial charge in [0, 0.05) is 196 Å². The highest BCUT2D eigenvalue weighted by Crippen LogP contribution is 2.71. The molecule has 0 radical (unpaired) electrons. The number of fused-ring (bicyclic) bond motifs is 12. The number of aromatic amines is 2. The van der Waals surface area contributed by atoms with Crippen molar-refractivity contribution in [2.75, 3.05) is 145 Å². The lowest BCUT2D eigenvalue weighted by Crippen LogP contribution is -2.80. The highest BCUT2D eigenvalue weighted by molar-refractivity contribution is 5.96. The number of aliphatic hydroxyl groups is 5. The number of carbonyl (C=O) groups excluding carboxylic acids is 5. The van der Waals surface area contributed by atoms with Gasteiger partial charge in [-0.2, -0.15) is 0 Å². The molecule has 29 nitrogen and oxygen atoms in total. The normalized spacial score (nSPS) is 35.8. The van der Waals surface area contributed by atoms with Crippen molar-refractivity contribution in [1.29, 1.82) is 0 Å². The monoisotopic (exact) mass is 1700 g/mol. The highest BCUT2D eigenvalue weighted by atomic mass is 16.7. The van der Waals surface area contributed by atoms with Crippen molar-refractivity contribution in [2.24, 2.45) is 22.7 Å². The van der Waals surface area contributed by atoms with Crippen LogP contribution in [-0.2, 0) is 96.4 Å². The van der Waals surface area contributed by atoms with E-state index in [1.165, 1.54) is 42.3 Å². The first-order chi connectivity index (χ1) is 58.7. The Labute approximate surface area is 717 Å². The number of piperidine rings is 2. The lowest BCUT2D eigenvalue weighted by atomic mass is 9.50. The quantitative estimate of drug-likeness (QED) is 0.0190. The van der Waals surface area contributed by atoms with Crippen LogP contribution >= 0.6 is 0 Å². The molecule has 2 saturated carbocycles. The zero-order valence-electron chi connectivity index (χ0n) is 73.3. The average Bonchev–Trinajstić information content (AvgIpc) is 1.49. The van der Waals surface area contributed by atoms with Gasteiger partial charge in [0.05, 0.1) is 39.6 Å². The molecule has 8 N–H and O–H groups in total. The molecule has 4 aromatic carbocycles. The number of benzene rings is 4. The van der Waals surface area contributed by atoms with E-state index in [0.717, 1.165) is 79.9 Å². The summed E-state index contributed by atoms with van der Waals surface area (Å²) in [6.45, 7) is 16.7. The van der Waals surface area contributed by atoms with Gasteiger partial charge in [-0.1, -0.05) is 88.4 Å². The van der Waals surface area contributed by atoms with Crippen LogP contribution in [0, 0.1) is 22.7 Å². The van der Waals surface area contributed by atoms with Gasteiger partial charge in [0.15, 0.2) is 6.10 Å². The molecule has 4 bridgehead atoms. The third-order valence-corrected chi connectivity index (χ3v) is 30.9. The van der Waals surface area contributed by atoms with Crippen molar-refractivity contribution in [2.45, 2.75) is 199 Å². The van der Waals surface area contributed by atoms with Gasteiger partial charge < -0.3 is 93.0 Å². The van der Waals surface area contributed by atoms with E-state index < -0.39 is 115 Å². The van der Waals surface area contributed by atoms with E-state index in [0.29, 0.717) is 152 Å². The number of aromatic nitrogens is 2. The largest absolute Gasteiger partial charge is 0.496 e. The summed E-state index contributed by atoms with van der Waals surface area (Å²) in [6, 6.07) is 22.1. The van der Waals surface area contributed by atoms with E-state index in [4.69, 9.17) is 43.0 Å². The Balaban J connectivity index is 0.000000171. The number of hydrogen-bond donors (Lipinski definition) is 8. The molecule has 10 unspecified atom stereocenters. The van der Waals surface area contributed by atoms with Crippen molar-refractivity contribution in [3.05, 3.63) is 142 Å². The van der Waals surface area contributed by atoms with E-state index >= 15 is 9.59 Å². The Bertz CT molecular complexity index is 5200. The standard InChI is InChI=1S/C47H60N4O10.C44H56N4O8.C3H6O3/c1-8-43(55)23-29-24-46(42(54)59-7,38-31(15-19-50(25-29)27-43)30-13-10-11-14-34(30)48-38)33-21-32-35(22-36(33)58-6)49(4)40-45(32)17-20-51-18-12-16-44(9-2,39(45)51)41(60-37(53)26-57-5)47(40,56)61-28(3)52;1-7-40(52)22-27-23-43(39(51)55-6,35-29(14-18-47(24-27)25-40)28-12-9-10-13-32(28)45-35)31-20-30-33(21-34(31)54-5)46(4)37-42(30)16-19-48-17-11-15-41(8-2,36(42)48)38(50)44(37,53)56-26(3)49;1-6-2-3(4)5/h10-14,16,21-22,29,39-41,48,55-56H,8-9,15,17-20,23-27H2,1-7H3;9-13,15,20-21,27,36-38,45,50,52-53H,7-8,14,16-19,22-25H2,1-6H3;2H2,1H3,(H,4,5)/t29?,39?,40?,41-,43+,44-,45?,46+,47-;27?,36?,37?,38-,40+,41-,42?,43+,44-;/m11./s1. The molecule has 12 aliphatic rings. The first-order valence-corrected chi connectivity index (χ1v) is 43.7. The zero-order valence-corrected chi connectivity index (χ0v) is 73.3. The number of aliphatic carboxylic acids is 1. The molecule has 664 valence electrons. The predicted octanol–water partition coefficient (Wildman–Crippen LogP) is 7.45. The number of methoxy groups -OCH3 is 6. The van der Waals surface area contributed by atoms with Gasteiger partial charge in [-0.15, -0.1) is 0 Å². The van der Waals surface area contributed by atoms with Gasteiger partial charge in [0.2, 0.25) is 0 Å². The number of esters is 5. The van der Waals surface area contributed by atoms with Gasteiger partial charge in [-0.3, -0.25) is 38.8 Å². The summed E-state index contributed by atoms with van der Waals surface area (Å²) >= 11 is 0. The summed E-state index contributed by atoms with van der Waals surface area (Å²) in [7, 11) is 12.6. The number of rotatable bonds is 17. The molecule has 10 aliphatic heterocycles. The number of H-pyrrole nitrogens is 2. The fourth-order valence-corrected chi connectivity index (χ4v) is 26.7. The number of nitrogens with one attached hydrogen (secondary N) is 2. The topological polar surface area (TPSA) is 358 Å². The fourth-order valence-electron chi connectivity index (χ4n) is 26.7. The van der Waals surface area contributed by atoms with Crippen LogP contribution in [0.1, 0.15) is 151 Å². The van der Waals surface area contributed by atoms with Gasteiger partial charge >= 0.3 is 35.8 Å². The number of carbonyl (C=O) groups is 6. The Morgan fingerprint density at radius 1 is 0.520 bits per heavy atom. The summed E-state index contributed by atoms with van der Waals surface area (Å²) in [5.41, 5.74) is 1.60. The summed E-state index contributed by atoms with van der Waals surface area (Å²) < 4.78 is 52.3. The molecule has 6 fully saturated rings. The lowest BCUT2D eigenvalue weighted by Gasteiger charge is -2.63. The molecule has 29 heteroatoms. The average molecular weight is 1700 g/mol. The van der Waals surface area contributed by atoms with Crippen LogP contribution in [0.15, 0.2) is 97.1 Å². The third-order valence-electron chi connectivity index (χ3n) is 30.9. The number of carboxylic acid groups (broad SMARTS) is 1. The molecular formula is C94H122N8O21. The Kier molecular flexibility index (Phi) is 22.9. The van der Waals surface area contributed by atoms with E-state index in [9.17, 15) is 44.7 Å². The maximum absolute atomic E-state index is 15.4. The molecule has 0 amide bonds. The summed E-state index contributed by atoms with van der Waals surface area (Å²) in [6.07, 6.45) is 11.8. The molecule has 12 heterocycles. The van der Waals surface area contributed by atoms with Crippen LogP contribution in [-0.4, -0.2) is 291 Å². The van der Waals surface area contributed by atoms with Crippen LogP contribution < -0.4 is 19.3 Å². The minimum atomic E-state index is -2.33. The minimum Gasteiger partial charge on any atom is -0.496 e. The number of ether oxygens (including phenoxy) is 9. The first kappa shape index (κ1) is 87.5. The van der Waals surface area contributed by atoms with Crippen LogP contribution in [0.2, 0.25) is 0 Å².